The first-order valence-electron chi connectivity index (χ1n) is 5.00. The fourth-order valence-corrected chi connectivity index (χ4v) is 2.30. The molecule has 0 aromatic heterocycles. The Kier molecular flexibility index (Phi) is 4.22. The molecule has 1 rings (SSSR count). The zero-order valence-corrected chi connectivity index (χ0v) is 11.4. The van der Waals surface area contributed by atoms with E-state index >= 15 is 0 Å². The number of aryl methyl sites for hydroxylation is 2. The van der Waals surface area contributed by atoms with Gasteiger partial charge in [-0.05, 0) is 37.5 Å². The second-order valence-electron chi connectivity index (χ2n) is 3.86. The van der Waals surface area contributed by atoms with Crippen LogP contribution < -0.4 is 4.90 Å². The van der Waals surface area contributed by atoms with Gasteiger partial charge in [0.25, 0.3) is 0 Å². The van der Waals surface area contributed by atoms with Gasteiger partial charge in [0.1, 0.15) is 6.00 Å². The van der Waals surface area contributed by atoms with Crippen LogP contribution in [-0.2, 0) is 4.79 Å². The molecule has 0 atom stereocenters. The van der Waals surface area contributed by atoms with Gasteiger partial charge in [-0.1, -0.05) is 17.7 Å². The molecule has 0 bridgehead atoms. The smallest absolute Gasteiger partial charge is 0.224 e. The van der Waals surface area contributed by atoms with Gasteiger partial charge in [0.05, 0.1) is 5.69 Å². The summed E-state index contributed by atoms with van der Waals surface area (Å²) < 4.78 is 0. The molecule has 4 heteroatoms. The van der Waals surface area contributed by atoms with Gasteiger partial charge in [-0.3, -0.25) is 9.69 Å². The normalized spacial score (nSPS) is 10.4. The lowest BCUT2D eigenvalue weighted by atomic mass is 10.0. The molecule has 1 amide bonds. The highest BCUT2D eigenvalue weighted by Gasteiger charge is 2.18. The molecule has 0 heterocycles. The van der Waals surface area contributed by atoms with Crippen LogP contribution in [0.25, 0.3) is 0 Å². The summed E-state index contributed by atoms with van der Waals surface area (Å²) in [6.07, 6.45) is 0. The number of amides is 1. The molecule has 1 aromatic carbocycles. The highest BCUT2D eigenvalue weighted by atomic mass is 35.5. The molecule has 0 unspecified atom stereocenters. The van der Waals surface area contributed by atoms with Gasteiger partial charge in [-0.25, -0.2) is 0 Å². The molecule has 16 heavy (non-hydrogen) atoms. The Labute approximate surface area is 106 Å². The maximum Gasteiger partial charge on any atom is 0.224 e. The molecule has 0 aliphatic heterocycles. The first kappa shape index (κ1) is 13.3. The number of hydrogen-bond donors (Lipinski definition) is 0. The van der Waals surface area contributed by atoms with E-state index < -0.39 is 0 Å². The number of nitrogens with zero attached hydrogens (tertiary/aromatic N) is 1. The maximum absolute atomic E-state index is 11.5. The van der Waals surface area contributed by atoms with Gasteiger partial charge in [0.2, 0.25) is 5.91 Å². The predicted molar refractivity (Wildman–Crippen MR) is 69.5 cm³/mol. The Morgan fingerprint density at radius 3 is 2.31 bits per heavy atom. The van der Waals surface area contributed by atoms with Crippen LogP contribution in [0.1, 0.15) is 23.6 Å². The van der Waals surface area contributed by atoms with E-state index in [1.165, 1.54) is 11.8 Å². The number of benzene rings is 1. The topological polar surface area (TPSA) is 20.3 Å². The van der Waals surface area contributed by atoms with Gasteiger partial charge in [0.15, 0.2) is 0 Å². The Morgan fingerprint density at radius 1 is 1.31 bits per heavy atom. The zero-order chi connectivity index (χ0) is 12.5. The van der Waals surface area contributed by atoms with Gasteiger partial charge < -0.3 is 0 Å². The summed E-state index contributed by atoms with van der Waals surface area (Å²) in [6, 6.07) is 2.10. The van der Waals surface area contributed by atoms with Gasteiger partial charge in [-0.15, -0.1) is 11.6 Å². The monoisotopic (exact) mass is 259 g/mol. The van der Waals surface area contributed by atoms with Crippen LogP contribution in [-0.4, -0.2) is 11.9 Å². The van der Waals surface area contributed by atoms with E-state index in [0.717, 1.165) is 22.4 Å². The summed E-state index contributed by atoms with van der Waals surface area (Å²) in [5.41, 5.74) is 3.74. The summed E-state index contributed by atoms with van der Waals surface area (Å²) in [5, 5.41) is 0.692. The minimum Gasteiger partial charge on any atom is -0.298 e. The molecule has 0 saturated carbocycles. The van der Waals surface area contributed by atoms with E-state index in [4.69, 9.17) is 23.2 Å². The number of anilines is 1. The van der Waals surface area contributed by atoms with Crippen LogP contribution in [0.15, 0.2) is 6.07 Å². The van der Waals surface area contributed by atoms with E-state index in [0.29, 0.717) is 5.02 Å². The van der Waals surface area contributed by atoms with Crippen LogP contribution in [0.3, 0.4) is 0 Å². The van der Waals surface area contributed by atoms with Crippen molar-refractivity contribution in [3.63, 3.8) is 0 Å². The number of carbonyl (C=O) groups excluding carboxylic acids is 1. The van der Waals surface area contributed by atoms with Gasteiger partial charge in [0, 0.05) is 11.9 Å². The van der Waals surface area contributed by atoms with Crippen molar-refractivity contribution >= 4 is 34.8 Å². The molecule has 0 N–H and O–H groups in total. The highest BCUT2D eigenvalue weighted by Crippen LogP contribution is 2.33. The largest absolute Gasteiger partial charge is 0.298 e. The van der Waals surface area contributed by atoms with Crippen LogP contribution >= 0.6 is 23.2 Å². The van der Waals surface area contributed by atoms with Crippen molar-refractivity contribution in [1.29, 1.82) is 0 Å². The molecule has 88 valence electrons. The quantitative estimate of drug-likeness (QED) is 0.584. The van der Waals surface area contributed by atoms with Gasteiger partial charge >= 0.3 is 0 Å². The summed E-state index contributed by atoms with van der Waals surface area (Å²) in [4.78, 5) is 13.0. The first-order valence-corrected chi connectivity index (χ1v) is 5.91. The van der Waals surface area contributed by atoms with E-state index in [9.17, 15) is 4.79 Å². The summed E-state index contributed by atoms with van der Waals surface area (Å²) >= 11 is 12.0. The molecule has 0 fully saturated rings. The van der Waals surface area contributed by atoms with E-state index in [1.54, 1.807) is 0 Å². The molecular weight excluding hydrogens is 245 g/mol. The molecule has 0 spiro atoms. The van der Waals surface area contributed by atoms with Crippen molar-refractivity contribution in [3.8, 4) is 0 Å². The summed E-state index contributed by atoms with van der Waals surface area (Å²) in [6.45, 7) is 7.30. The Balaban J connectivity index is 3.43. The number of carbonyl (C=O) groups is 1. The van der Waals surface area contributed by atoms with Crippen LogP contribution in [0.5, 0.6) is 0 Å². The van der Waals surface area contributed by atoms with Crippen molar-refractivity contribution in [3.05, 3.63) is 27.8 Å². The van der Waals surface area contributed by atoms with Crippen LogP contribution in [0, 0.1) is 20.8 Å². The van der Waals surface area contributed by atoms with Crippen molar-refractivity contribution in [2.24, 2.45) is 0 Å². The van der Waals surface area contributed by atoms with E-state index in [-0.39, 0.29) is 11.9 Å². The second-order valence-corrected chi connectivity index (χ2v) is 4.48. The minimum absolute atomic E-state index is 0.0823. The minimum atomic E-state index is -0.0823. The van der Waals surface area contributed by atoms with E-state index in [1.807, 2.05) is 26.8 Å². The zero-order valence-electron chi connectivity index (χ0n) is 9.90. The lowest BCUT2D eigenvalue weighted by Crippen LogP contribution is -2.28. The molecule has 0 aliphatic rings. The van der Waals surface area contributed by atoms with Crippen molar-refractivity contribution in [2.45, 2.75) is 27.7 Å². The fourth-order valence-electron chi connectivity index (χ4n) is 1.87. The number of rotatable bonds is 2. The molecular formula is C12H15Cl2NO. The van der Waals surface area contributed by atoms with E-state index in [2.05, 4.69) is 0 Å². The SMILES string of the molecule is CC(=O)N(CCl)c1c(C)cc(C)c(Cl)c1C. The predicted octanol–water partition coefficient (Wildman–Crippen LogP) is 3.81. The van der Waals surface area contributed by atoms with Gasteiger partial charge in [-0.2, -0.15) is 0 Å². The van der Waals surface area contributed by atoms with Crippen LogP contribution in [0.4, 0.5) is 5.69 Å². The molecule has 1 aromatic rings. The average Bonchev–Trinajstić information content (AvgIpc) is 2.20. The molecule has 2 nitrogen and oxygen atoms in total. The lowest BCUT2D eigenvalue weighted by Gasteiger charge is -2.24. The van der Waals surface area contributed by atoms with Crippen LogP contribution in [0.2, 0.25) is 5.02 Å². The Morgan fingerprint density at radius 2 is 1.88 bits per heavy atom. The third-order valence-electron chi connectivity index (χ3n) is 2.61. The maximum atomic E-state index is 11.5. The number of alkyl halides is 1. The van der Waals surface area contributed by atoms with Crippen molar-refractivity contribution in [1.82, 2.24) is 0 Å². The van der Waals surface area contributed by atoms with Crippen molar-refractivity contribution < 1.29 is 4.79 Å². The molecule has 0 saturated heterocycles. The average molecular weight is 260 g/mol. The summed E-state index contributed by atoms with van der Waals surface area (Å²) in [7, 11) is 0. The highest BCUT2D eigenvalue weighted by molar-refractivity contribution is 6.32. The molecule has 0 radical (unpaired) electrons. The Hall–Kier alpha value is -0.730. The van der Waals surface area contributed by atoms with Crippen molar-refractivity contribution in [2.75, 3.05) is 10.9 Å². The number of halogens is 2. The first-order chi connectivity index (χ1) is 7.40. The molecule has 0 aliphatic carbocycles. The number of hydrogen-bond acceptors (Lipinski definition) is 1. The second kappa shape index (κ2) is 5.07. The Bertz CT molecular complexity index is 430. The fraction of sp³-hybridized carbons (Fsp3) is 0.417. The third kappa shape index (κ3) is 2.33. The standard InChI is InChI=1S/C12H15Cl2NO/c1-7-5-8(2)12(9(3)11(7)14)15(6-13)10(4)16/h5H,6H2,1-4H3. The lowest BCUT2D eigenvalue weighted by molar-refractivity contribution is -0.116. The summed E-state index contributed by atoms with van der Waals surface area (Å²) in [5.74, 6) is -0.0823. The third-order valence-corrected chi connectivity index (χ3v) is 3.43.